The van der Waals surface area contributed by atoms with E-state index in [4.69, 9.17) is 9.47 Å². The third kappa shape index (κ3) is 3.42. The molecule has 28 heavy (non-hydrogen) atoms. The van der Waals surface area contributed by atoms with Crippen molar-refractivity contribution in [3.63, 3.8) is 0 Å². The Bertz CT molecular complexity index is 932. The average molecular weight is 380 g/mol. The molecule has 2 aliphatic rings. The highest BCUT2D eigenvalue weighted by molar-refractivity contribution is 6.04. The average Bonchev–Trinajstić information content (AvgIpc) is 3.27. The molecule has 1 atom stereocenters. The van der Waals surface area contributed by atoms with Crippen LogP contribution in [0, 0.1) is 5.92 Å². The summed E-state index contributed by atoms with van der Waals surface area (Å²) in [6, 6.07) is 13.2. The maximum atomic E-state index is 12.8. The van der Waals surface area contributed by atoms with Crippen molar-refractivity contribution < 1.29 is 19.1 Å². The van der Waals surface area contributed by atoms with Crippen LogP contribution in [0.2, 0.25) is 0 Å². The summed E-state index contributed by atoms with van der Waals surface area (Å²) in [5.74, 6) is 0.691. The van der Waals surface area contributed by atoms with Crippen molar-refractivity contribution in [2.75, 3.05) is 23.6 Å². The van der Waals surface area contributed by atoms with Gasteiger partial charge in [0.05, 0.1) is 5.92 Å². The minimum Gasteiger partial charge on any atom is -0.454 e. The number of hydrogen-bond acceptors (Lipinski definition) is 4. The minimum absolute atomic E-state index is 0.0254. The summed E-state index contributed by atoms with van der Waals surface area (Å²) < 4.78 is 10.6. The van der Waals surface area contributed by atoms with Crippen LogP contribution in [0.5, 0.6) is 11.5 Å². The molecule has 0 radical (unpaired) electrons. The summed E-state index contributed by atoms with van der Waals surface area (Å²) in [6.07, 6.45) is 0.203. The van der Waals surface area contributed by atoms with Crippen LogP contribution in [0.3, 0.4) is 0 Å². The Labute approximate surface area is 164 Å². The lowest BCUT2D eigenvalue weighted by molar-refractivity contribution is -0.122. The largest absolute Gasteiger partial charge is 0.454 e. The highest BCUT2D eigenvalue weighted by Gasteiger charge is 2.37. The lowest BCUT2D eigenvalue weighted by Gasteiger charge is -2.27. The lowest BCUT2D eigenvalue weighted by atomic mass is 9.85. The van der Waals surface area contributed by atoms with Crippen molar-refractivity contribution in [1.29, 1.82) is 0 Å². The van der Waals surface area contributed by atoms with Gasteiger partial charge in [0.25, 0.3) is 0 Å². The molecule has 4 rings (SSSR count). The second kappa shape index (κ2) is 6.86. The van der Waals surface area contributed by atoms with E-state index < -0.39 is 5.92 Å². The molecule has 1 unspecified atom stereocenters. The molecule has 0 saturated carbocycles. The molecular weight excluding hydrogens is 356 g/mol. The van der Waals surface area contributed by atoms with Crippen LogP contribution in [-0.2, 0) is 15.0 Å². The van der Waals surface area contributed by atoms with Crippen molar-refractivity contribution in [3.8, 4) is 11.5 Å². The van der Waals surface area contributed by atoms with Gasteiger partial charge in [-0.05, 0) is 29.2 Å². The third-order valence-electron chi connectivity index (χ3n) is 5.14. The van der Waals surface area contributed by atoms with Crippen LogP contribution in [0.4, 0.5) is 11.4 Å². The number of benzene rings is 2. The number of para-hydroxylation sites is 1. The molecule has 0 spiro atoms. The smallest absolute Gasteiger partial charge is 0.231 e. The number of amides is 2. The highest BCUT2D eigenvalue weighted by atomic mass is 16.7. The number of hydrogen-bond donors (Lipinski definition) is 1. The third-order valence-corrected chi connectivity index (χ3v) is 5.14. The SMILES string of the molecule is CC(C)(C)c1ccccc1N1CC(C(=O)Nc2ccc3c(c2)OCO3)CC1=O. The molecule has 6 nitrogen and oxygen atoms in total. The van der Waals surface area contributed by atoms with Crippen LogP contribution in [0.1, 0.15) is 32.8 Å². The van der Waals surface area contributed by atoms with Gasteiger partial charge in [-0.15, -0.1) is 0 Å². The van der Waals surface area contributed by atoms with E-state index in [1.54, 1.807) is 23.1 Å². The molecule has 0 aromatic heterocycles. The summed E-state index contributed by atoms with van der Waals surface area (Å²) in [5.41, 5.74) is 2.53. The number of fused-ring (bicyclic) bond motifs is 1. The number of carbonyl (C=O) groups excluding carboxylic acids is 2. The topological polar surface area (TPSA) is 67.9 Å². The molecule has 2 aliphatic heterocycles. The maximum absolute atomic E-state index is 12.8. The fourth-order valence-electron chi connectivity index (χ4n) is 3.68. The first-order chi connectivity index (χ1) is 13.3. The standard InChI is InChI=1S/C22H24N2O4/c1-22(2,3)16-6-4-5-7-17(16)24-12-14(10-20(24)25)21(26)23-15-8-9-18-19(11-15)28-13-27-18/h4-9,11,14H,10,12-13H2,1-3H3,(H,23,26). The zero-order valence-corrected chi connectivity index (χ0v) is 16.3. The van der Waals surface area contributed by atoms with Gasteiger partial charge in [0.2, 0.25) is 18.6 Å². The predicted octanol–water partition coefficient (Wildman–Crippen LogP) is 3.70. The van der Waals surface area contributed by atoms with E-state index in [1.807, 2.05) is 24.3 Å². The molecule has 146 valence electrons. The monoisotopic (exact) mass is 380 g/mol. The summed E-state index contributed by atoms with van der Waals surface area (Å²) in [7, 11) is 0. The lowest BCUT2D eigenvalue weighted by Crippen LogP contribution is -2.30. The Balaban J connectivity index is 1.50. The van der Waals surface area contributed by atoms with Crippen molar-refractivity contribution in [1.82, 2.24) is 0 Å². The van der Waals surface area contributed by atoms with Gasteiger partial charge in [-0.1, -0.05) is 39.0 Å². The van der Waals surface area contributed by atoms with E-state index in [0.717, 1.165) is 11.3 Å². The summed E-state index contributed by atoms with van der Waals surface area (Å²) in [6.45, 7) is 6.93. The van der Waals surface area contributed by atoms with Gasteiger partial charge >= 0.3 is 0 Å². The zero-order valence-electron chi connectivity index (χ0n) is 16.3. The predicted molar refractivity (Wildman–Crippen MR) is 107 cm³/mol. The van der Waals surface area contributed by atoms with Gasteiger partial charge in [-0.2, -0.15) is 0 Å². The van der Waals surface area contributed by atoms with Crippen LogP contribution in [-0.4, -0.2) is 25.2 Å². The summed E-state index contributed by atoms with van der Waals surface area (Å²) >= 11 is 0. The quantitative estimate of drug-likeness (QED) is 0.882. The Morgan fingerprint density at radius 1 is 1.11 bits per heavy atom. The van der Waals surface area contributed by atoms with Gasteiger partial charge in [0, 0.05) is 30.4 Å². The molecule has 2 heterocycles. The van der Waals surface area contributed by atoms with E-state index in [0.29, 0.717) is 23.7 Å². The summed E-state index contributed by atoms with van der Waals surface area (Å²) in [5, 5.41) is 2.90. The van der Waals surface area contributed by atoms with Gasteiger partial charge in [0.1, 0.15) is 0 Å². The second-order valence-electron chi connectivity index (χ2n) is 8.23. The van der Waals surface area contributed by atoms with Gasteiger partial charge in [-0.25, -0.2) is 0 Å². The van der Waals surface area contributed by atoms with E-state index in [9.17, 15) is 9.59 Å². The molecule has 2 amide bonds. The van der Waals surface area contributed by atoms with E-state index >= 15 is 0 Å². The van der Waals surface area contributed by atoms with Crippen molar-refractivity contribution in [3.05, 3.63) is 48.0 Å². The number of rotatable bonds is 3. The molecule has 0 aliphatic carbocycles. The number of nitrogens with zero attached hydrogens (tertiary/aromatic N) is 1. The van der Waals surface area contributed by atoms with Crippen molar-refractivity contribution in [2.45, 2.75) is 32.6 Å². The Kier molecular flexibility index (Phi) is 4.49. The fourth-order valence-corrected chi connectivity index (χ4v) is 3.68. The molecule has 2 aromatic carbocycles. The molecular formula is C22H24N2O4. The van der Waals surface area contributed by atoms with Gasteiger partial charge in [-0.3, -0.25) is 9.59 Å². The van der Waals surface area contributed by atoms with Gasteiger partial charge in [0.15, 0.2) is 11.5 Å². The minimum atomic E-state index is -0.397. The van der Waals surface area contributed by atoms with E-state index in [-0.39, 0.29) is 30.4 Å². The van der Waals surface area contributed by atoms with Crippen LogP contribution >= 0.6 is 0 Å². The van der Waals surface area contributed by atoms with Gasteiger partial charge < -0.3 is 19.7 Å². The van der Waals surface area contributed by atoms with Crippen molar-refractivity contribution >= 4 is 23.2 Å². The molecule has 1 fully saturated rings. The van der Waals surface area contributed by atoms with E-state index in [2.05, 4.69) is 26.1 Å². The Hall–Kier alpha value is -3.02. The van der Waals surface area contributed by atoms with Crippen molar-refractivity contribution in [2.24, 2.45) is 5.92 Å². The highest BCUT2D eigenvalue weighted by Crippen LogP contribution is 2.36. The normalized spacial score (nSPS) is 18.5. The van der Waals surface area contributed by atoms with Crippen LogP contribution < -0.4 is 19.7 Å². The number of nitrogens with one attached hydrogen (secondary N) is 1. The second-order valence-corrected chi connectivity index (χ2v) is 8.23. The first-order valence-corrected chi connectivity index (χ1v) is 9.43. The van der Waals surface area contributed by atoms with E-state index in [1.165, 1.54) is 0 Å². The molecule has 6 heteroatoms. The maximum Gasteiger partial charge on any atom is 0.231 e. The molecule has 1 saturated heterocycles. The number of anilines is 2. The first kappa shape index (κ1) is 18.3. The summed E-state index contributed by atoms with van der Waals surface area (Å²) in [4.78, 5) is 27.2. The van der Waals surface area contributed by atoms with Crippen LogP contribution in [0.25, 0.3) is 0 Å². The first-order valence-electron chi connectivity index (χ1n) is 9.43. The molecule has 1 N–H and O–H groups in total. The number of ether oxygens (including phenoxy) is 2. The van der Waals surface area contributed by atoms with Crippen LogP contribution in [0.15, 0.2) is 42.5 Å². The molecule has 2 aromatic rings. The fraction of sp³-hybridized carbons (Fsp3) is 0.364. The Morgan fingerprint density at radius 2 is 1.86 bits per heavy atom. The zero-order chi connectivity index (χ0) is 19.9. The number of carbonyl (C=O) groups is 2. The Morgan fingerprint density at radius 3 is 2.64 bits per heavy atom. The molecule has 0 bridgehead atoms.